The number of hydrogen-bond donors (Lipinski definition) is 3. The average molecular weight is 467 g/mol. The third-order valence-electron chi connectivity index (χ3n) is 6.92. The van der Waals surface area contributed by atoms with Gasteiger partial charge in [0, 0.05) is 67.1 Å². The van der Waals surface area contributed by atoms with Gasteiger partial charge in [0.25, 0.3) is 0 Å². The lowest BCUT2D eigenvalue weighted by atomic mass is 9.99. The van der Waals surface area contributed by atoms with Crippen LogP contribution in [0.2, 0.25) is 0 Å². The molecule has 3 N–H and O–H groups in total. The fraction of sp³-hybridized carbons (Fsp3) is 0.241. The van der Waals surface area contributed by atoms with E-state index in [4.69, 9.17) is 9.47 Å². The van der Waals surface area contributed by atoms with Crippen molar-refractivity contribution in [1.29, 1.82) is 0 Å². The first-order chi connectivity index (χ1) is 17.3. The van der Waals surface area contributed by atoms with Crippen LogP contribution in [0.5, 0.6) is 11.5 Å². The number of aromatic amines is 2. The van der Waals surface area contributed by atoms with E-state index in [0.29, 0.717) is 6.61 Å². The predicted octanol–water partition coefficient (Wildman–Crippen LogP) is 5.28. The third kappa shape index (κ3) is 4.38. The Kier molecular flexibility index (Phi) is 5.90. The highest BCUT2D eigenvalue weighted by Crippen LogP contribution is 2.36. The van der Waals surface area contributed by atoms with Crippen molar-refractivity contribution in [3.8, 4) is 33.8 Å². The van der Waals surface area contributed by atoms with Gasteiger partial charge in [-0.3, -0.25) is 4.90 Å². The van der Waals surface area contributed by atoms with Crippen molar-refractivity contribution >= 4 is 21.8 Å². The second-order valence-electron chi connectivity index (χ2n) is 9.05. The maximum absolute atomic E-state index is 6.09. The molecule has 0 unspecified atom stereocenters. The zero-order valence-corrected chi connectivity index (χ0v) is 19.9. The normalized spacial score (nSPS) is 14.5. The van der Waals surface area contributed by atoms with Gasteiger partial charge in [0.2, 0.25) is 0 Å². The fourth-order valence-electron chi connectivity index (χ4n) is 4.95. The number of nitrogens with one attached hydrogen (secondary N) is 3. The summed E-state index contributed by atoms with van der Waals surface area (Å²) in [4.78, 5) is 9.12. The van der Waals surface area contributed by atoms with Gasteiger partial charge in [-0.2, -0.15) is 0 Å². The summed E-state index contributed by atoms with van der Waals surface area (Å²) in [6.07, 6.45) is 4.08. The molecule has 6 heteroatoms. The van der Waals surface area contributed by atoms with Crippen LogP contribution in [-0.4, -0.2) is 61.3 Å². The second kappa shape index (κ2) is 9.49. The summed E-state index contributed by atoms with van der Waals surface area (Å²) in [5, 5.41) is 5.80. The van der Waals surface area contributed by atoms with Crippen molar-refractivity contribution in [2.24, 2.45) is 0 Å². The van der Waals surface area contributed by atoms with E-state index in [2.05, 4.69) is 81.0 Å². The monoisotopic (exact) mass is 466 g/mol. The van der Waals surface area contributed by atoms with Crippen molar-refractivity contribution in [3.63, 3.8) is 0 Å². The summed E-state index contributed by atoms with van der Waals surface area (Å²) >= 11 is 0. The minimum Gasteiger partial charge on any atom is -0.493 e. The average Bonchev–Trinajstić information content (AvgIpc) is 3.55. The molecule has 3 aromatic carbocycles. The lowest BCUT2D eigenvalue weighted by Crippen LogP contribution is -2.44. The van der Waals surface area contributed by atoms with Gasteiger partial charge in [-0.05, 0) is 64.5 Å². The molecule has 178 valence electrons. The van der Waals surface area contributed by atoms with Crippen LogP contribution >= 0.6 is 0 Å². The Bertz CT molecular complexity index is 1460. The predicted molar refractivity (Wildman–Crippen MR) is 142 cm³/mol. The number of nitrogens with zero attached hydrogens (tertiary/aromatic N) is 1. The van der Waals surface area contributed by atoms with E-state index in [1.54, 1.807) is 7.11 Å². The molecule has 0 radical (unpaired) electrons. The van der Waals surface area contributed by atoms with Gasteiger partial charge >= 0.3 is 0 Å². The Morgan fingerprint density at radius 3 is 2.49 bits per heavy atom. The van der Waals surface area contributed by atoms with Crippen LogP contribution in [0.3, 0.4) is 0 Å². The lowest BCUT2D eigenvalue weighted by molar-refractivity contribution is 0.188. The Hall–Kier alpha value is -3.74. The van der Waals surface area contributed by atoms with Gasteiger partial charge in [0.05, 0.1) is 7.11 Å². The smallest absolute Gasteiger partial charge is 0.161 e. The van der Waals surface area contributed by atoms with Crippen LogP contribution < -0.4 is 14.8 Å². The number of hydrogen-bond acceptors (Lipinski definition) is 4. The Morgan fingerprint density at radius 2 is 1.60 bits per heavy atom. The van der Waals surface area contributed by atoms with E-state index in [0.717, 1.165) is 66.4 Å². The second-order valence-corrected chi connectivity index (χ2v) is 9.05. The zero-order valence-electron chi connectivity index (χ0n) is 19.9. The molecule has 0 saturated carbocycles. The summed E-state index contributed by atoms with van der Waals surface area (Å²) in [5.41, 5.74) is 6.92. The van der Waals surface area contributed by atoms with E-state index in [-0.39, 0.29) is 0 Å². The Balaban J connectivity index is 1.26. The van der Waals surface area contributed by atoms with Crippen LogP contribution in [0.25, 0.3) is 44.1 Å². The van der Waals surface area contributed by atoms with E-state index < -0.39 is 0 Å². The standard InChI is InChI=1S/C29H30N4O2/c1-34-29-18-21(4-7-28(29)35-15-14-33-12-10-30-11-13-33)20-2-6-27-24(17-20)25(19-32-27)22-3-5-26-23(16-22)8-9-31-26/h2-9,16-19,30-32H,10-15H2,1H3. The molecule has 1 aliphatic heterocycles. The molecule has 0 aliphatic carbocycles. The lowest BCUT2D eigenvalue weighted by Gasteiger charge is -2.27. The SMILES string of the molecule is COc1cc(-c2ccc3[nH]cc(-c4ccc5[nH]ccc5c4)c3c2)ccc1OCCN1CCNCC1. The fourth-order valence-corrected chi connectivity index (χ4v) is 4.95. The van der Waals surface area contributed by atoms with Gasteiger partial charge in [-0.25, -0.2) is 0 Å². The Labute approximate surface area is 204 Å². The molecule has 0 bridgehead atoms. The zero-order chi connectivity index (χ0) is 23.6. The maximum Gasteiger partial charge on any atom is 0.161 e. The number of methoxy groups -OCH3 is 1. The number of H-pyrrole nitrogens is 2. The first-order valence-electron chi connectivity index (χ1n) is 12.2. The molecule has 3 heterocycles. The van der Waals surface area contributed by atoms with Crippen LogP contribution in [0, 0.1) is 0 Å². The molecule has 0 amide bonds. The highest BCUT2D eigenvalue weighted by molar-refractivity contribution is 5.99. The first kappa shape index (κ1) is 21.8. The molecular formula is C29H30N4O2. The number of rotatable bonds is 7. The minimum absolute atomic E-state index is 0.653. The summed E-state index contributed by atoms with van der Waals surface area (Å²) < 4.78 is 11.8. The summed E-state index contributed by atoms with van der Waals surface area (Å²) in [5.74, 6) is 1.55. The van der Waals surface area contributed by atoms with Gasteiger partial charge < -0.3 is 24.8 Å². The van der Waals surface area contributed by atoms with E-state index >= 15 is 0 Å². The minimum atomic E-state index is 0.653. The van der Waals surface area contributed by atoms with Gasteiger partial charge in [-0.15, -0.1) is 0 Å². The summed E-state index contributed by atoms with van der Waals surface area (Å²) in [7, 11) is 1.70. The van der Waals surface area contributed by atoms with E-state index in [1.807, 2.05) is 12.3 Å². The van der Waals surface area contributed by atoms with Gasteiger partial charge in [0.1, 0.15) is 6.61 Å². The van der Waals surface area contributed by atoms with Gasteiger partial charge in [0.15, 0.2) is 11.5 Å². The quantitative estimate of drug-likeness (QED) is 0.306. The van der Waals surface area contributed by atoms with E-state index in [9.17, 15) is 0 Å². The molecule has 2 aromatic heterocycles. The highest BCUT2D eigenvalue weighted by Gasteiger charge is 2.13. The number of aromatic nitrogens is 2. The maximum atomic E-state index is 6.09. The first-order valence-corrected chi connectivity index (χ1v) is 12.2. The van der Waals surface area contributed by atoms with Crippen molar-refractivity contribution in [2.75, 3.05) is 46.4 Å². The van der Waals surface area contributed by atoms with E-state index in [1.165, 1.54) is 21.9 Å². The number of fused-ring (bicyclic) bond motifs is 2. The molecule has 6 nitrogen and oxygen atoms in total. The molecule has 1 fully saturated rings. The summed E-state index contributed by atoms with van der Waals surface area (Å²) in [6, 6.07) is 21.4. The highest BCUT2D eigenvalue weighted by atomic mass is 16.5. The van der Waals surface area contributed by atoms with Crippen LogP contribution in [0.4, 0.5) is 0 Å². The molecule has 6 rings (SSSR count). The largest absolute Gasteiger partial charge is 0.493 e. The molecule has 0 atom stereocenters. The van der Waals surface area contributed by atoms with Crippen LogP contribution in [0.1, 0.15) is 0 Å². The topological polar surface area (TPSA) is 65.3 Å². The Morgan fingerprint density at radius 1 is 0.800 bits per heavy atom. The van der Waals surface area contributed by atoms with Crippen LogP contribution in [0.15, 0.2) is 73.1 Å². The van der Waals surface area contributed by atoms with Crippen molar-refractivity contribution in [1.82, 2.24) is 20.2 Å². The number of benzene rings is 3. The number of ether oxygens (including phenoxy) is 2. The molecule has 1 aliphatic rings. The molecular weight excluding hydrogens is 436 g/mol. The van der Waals surface area contributed by atoms with Crippen LogP contribution in [-0.2, 0) is 0 Å². The third-order valence-corrected chi connectivity index (χ3v) is 6.92. The molecule has 35 heavy (non-hydrogen) atoms. The van der Waals surface area contributed by atoms with Crippen molar-refractivity contribution in [3.05, 3.63) is 73.1 Å². The summed E-state index contributed by atoms with van der Waals surface area (Å²) in [6.45, 7) is 5.82. The van der Waals surface area contributed by atoms with Gasteiger partial charge in [-0.1, -0.05) is 18.2 Å². The van der Waals surface area contributed by atoms with Crippen molar-refractivity contribution in [2.45, 2.75) is 0 Å². The number of piperazine rings is 1. The molecule has 0 spiro atoms. The molecule has 5 aromatic rings. The molecule has 1 saturated heterocycles. The van der Waals surface area contributed by atoms with Crippen molar-refractivity contribution < 1.29 is 9.47 Å².